The molecule has 0 aliphatic heterocycles. The van der Waals surface area contributed by atoms with Crippen molar-refractivity contribution >= 4 is 52.2 Å². The molecule has 1 aromatic heterocycles. The molecule has 0 unspecified atom stereocenters. The van der Waals surface area contributed by atoms with Gasteiger partial charge in [-0.15, -0.1) is 11.3 Å². The van der Waals surface area contributed by atoms with Crippen LogP contribution in [0.4, 0.5) is 5.69 Å². The number of methoxy groups -OCH3 is 1. The van der Waals surface area contributed by atoms with Gasteiger partial charge < -0.3 is 15.4 Å². The van der Waals surface area contributed by atoms with E-state index in [1.807, 2.05) is 29.6 Å². The number of nitrogens with zero attached hydrogens (tertiary/aromatic N) is 1. The van der Waals surface area contributed by atoms with Crippen LogP contribution >= 0.6 is 34.7 Å². The van der Waals surface area contributed by atoms with Crippen molar-refractivity contribution in [2.75, 3.05) is 18.2 Å². The summed E-state index contributed by atoms with van der Waals surface area (Å²) in [5, 5.41) is 8.14. The lowest BCUT2D eigenvalue weighted by Gasteiger charge is -2.05. The number of hydrogen-bond donors (Lipinski definition) is 2. The van der Waals surface area contributed by atoms with Gasteiger partial charge in [0.05, 0.1) is 25.0 Å². The molecular weight excluding hydrogens is 442 g/mol. The number of benzene rings is 2. The molecule has 0 fully saturated rings. The number of ether oxygens (including phenoxy) is 1. The summed E-state index contributed by atoms with van der Waals surface area (Å²) < 4.78 is 5.87. The number of hydrogen-bond acceptors (Lipinski definition) is 6. The lowest BCUT2D eigenvalue weighted by atomic mass is 10.2. The Morgan fingerprint density at radius 2 is 1.83 bits per heavy atom. The van der Waals surface area contributed by atoms with E-state index in [9.17, 15) is 9.59 Å². The second-order valence-electron chi connectivity index (χ2n) is 6.25. The minimum Gasteiger partial charge on any atom is -0.497 e. The number of anilines is 1. The number of halogens is 1. The fraction of sp³-hybridized carbons (Fsp3) is 0.190. The Kier molecular flexibility index (Phi) is 8.12. The fourth-order valence-electron chi connectivity index (χ4n) is 2.46. The SMILES string of the molecule is COc1ccc(CNC(=O)Cc2csc(SCC(=O)Nc3ccc(Cl)cc3)n2)cc1. The average Bonchev–Trinajstić information content (AvgIpc) is 3.20. The van der Waals surface area contributed by atoms with Crippen LogP contribution in [0.3, 0.4) is 0 Å². The molecule has 1 heterocycles. The molecule has 0 atom stereocenters. The van der Waals surface area contributed by atoms with Crippen molar-refractivity contribution in [3.63, 3.8) is 0 Å². The molecule has 9 heteroatoms. The first-order chi connectivity index (χ1) is 14.5. The lowest BCUT2D eigenvalue weighted by molar-refractivity contribution is -0.120. The molecule has 0 saturated carbocycles. The third-order valence-corrected chi connectivity index (χ3v) is 6.30. The Labute approximate surface area is 188 Å². The van der Waals surface area contributed by atoms with Crippen molar-refractivity contribution in [2.24, 2.45) is 0 Å². The number of thioether (sulfide) groups is 1. The summed E-state index contributed by atoms with van der Waals surface area (Å²) in [5.74, 6) is 0.781. The third kappa shape index (κ3) is 7.05. The zero-order chi connectivity index (χ0) is 21.3. The summed E-state index contributed by atoms with van der Waals surface area (Å²) in [6, 6.07) is 14.5. The van der Waals surface area contributed by atoms with Crippen LogP contribution in [0.5, 0.6) is 5.75 Å². The summed E-state index contributed by atoms with van der Waals surface area (Å²) in [6.07, 6.45) is 0.199. The number of carbonyl (C=O) groups is 2. The van der Waals surface area contributed by atoms with Gasteiger partial charge in [-0.3, -0.25) is 9.59 Å². The molecule has 3 aromatic rings. The molecule has 2 amide bonds. The van der Waals surface area contributed by atoms with Crippen LogP contribution in [0.1, 0.15) is 11.3 Å². The van der Waals surface area contributed by atoms with Gasteiger partial charge in [-0.1, -0.05) is 35.5 Å². The number of aromatic nitrogens is 1. The molecular formula is C21H20ClN3O3S2. The predicted molar refractivity (Wildman–Crippen MR) is 121 cm³/mol. The highest BCUT2D eigenvalue weighted by atomic mass is 35.5. The monoisotopic (exact) mass is 461 g/mol. The van der Waals surface area contributed by atoms with Gasteiger partial charge in [0.2, 0.25) is 11.8 Å². The minimum absolute atomic E-state index is 0.104. The molecule has 156 valence electrons. The molecule has 0 spiro atoms. The number of rotatable bonds is 9. The zero-order valence-electron chi connectivity index (χ0n) is 16.2. The lowest BCUT2D eigenvalue weighted by Crippen LogP contribution is -2.24. The molecule has 3 rings (SSSR count). The maximum absolute atomic E-state index is 12.2. The van der Waals surface area contributed by atoms with Crippen molar-refractivity contribution < 1.29 is 14.3 Å². The third-order valence-electron chi connectivity index (χ3n) is 3.98. The smallest absolute Gasteiger partial charge is 0.234 e. The van der Waals surface area contributed by atoms with Crippen LogP contribution in [0.2, 0.25) is 5.02 Å². The zero-order valence-corrected chi connectivity index (χ0v) is 18.6. The van der Waals surface area contributed by atoms with E-state index in [1.54, 1.807) is 31.4 Å². The Bertz CT molecular complexity index is 991. The van der Waals surface area contributed by atoms with E-state index in [4.69, 9.17) is 16.3 Å². The minimum atomic E-state index is -0.128. The molecule has 30 heavy (non-hydrogen) atoms. The summed E-state index contributed by atoms with van der Waals surface area (Å²) in [4.78, 5) is 28.6. The van der Waals surface area contributed by atoms with Crippen LogP contribution in [0, 0.1) is 0 Å². The van der Waals surface area contributed by atoms with E-state index < -0.39 is 0 Å². The van der Waals surface area contributed by atoms with Gasteiger partial charge in [0, 0.05) is 22.6 Å². The van der Waals surface area contributed by atoms with Crippen LogP contribution in [0.15, 0.2) is 58.3 Å². The number of thiazole rings is 1. The molecule has 0 aliphatic rings. The van der Waals surface area contributed by atoms with Crippen LogP contribution < -0.4 is 15.4 Å². The quantitative estimate of drug-likeness (QED) is 0.462. The summed E-state index contributed by atoms with van der Waals surface area (Å²) in [6.45, 7) is 0.444. The van der Waals surface area contributed by atoms with E-state index in [1.165, 1.54) is 23.1 Å². The first-order valence-electron chi connectivity index (χ1n) is 9.04. The fourth-order valence-corrected chi connectivity index (χ4v) is 4.24. The largest absolute Gasteiger partial charge is 0.497 e. The van der Waals surface area contributed by atoms with Gasteiger partial charge in [-0.05, 0) is 42.0 Å². The van der Waals surface area contributed by atoms with Gasteiger partial charge in [-0.2, -0.15) is 0 Å². The number of amides is 2. The Balaban J connectivity index is 1.40. The number of carbonyl (C=O) groups excluding carboxylic acids is 2. The predicted octanol–water partition coefficient (Wildman–Crippen LogP) is 4.39. The molecule has 0 radical (unpaired) electrons. The number of nitrogens with one attached hydrogen (secondary N) is 2. The van der Waals surface area contributed by atoms with Gasteiger partial charge in [0.1, 0.15) is 5.75 Å². The van der Waals surface area contributed by atoms with Crippen LogP contribution in [-0.4, -0.2) is 29.7 Å². The average molecular weight is 462 g/mol. The molecule has 2 aromatic carbocycles. The maximum atomic E-state index is 12.2. The van der Waals surface area contributed by atoms with E-state index in [0.29, 0.717) is 22.9 Å². The molecule has 0 saturated heterocycles. The Hall–Kier alpha value is -2.55. The summed E-state index contributed by atoms with van der Waals surface area (Å²) in [7, 11) is 1.61. The van der Waals surface area contributed by atoms with Gasteiger partial charge in [-0.25, -0.2) is 4.98 Å². The van der Waals surface area contributed by atoms with E-state index in [-0.39, 0.29) is 24.0 Å². The van der Waals surface area contributed by atoms with E-state index in [2.05, 4.69) is 15.6 Å². The van der Waals surface area contributed by atoms with Crippen molar-refractivity contribution in [1.82, 2.24) is 10.3 Å². The van der Waals surface area contributed by atoms with Gasteiger partial charge in [0.15, 0.2) is 4.34 Å². The normalized spacial score (nSPS) is 10.5. The Morgan fingerprint density at radius 1 is 1.10 bits per heavy atom. The highest BCUT2D eigenvalue weighted by Crippen LogP contribution is 2.23. The van der Waals surface area contributed by atoms with Gasteiger partial charge >= 0.3 is 0 Å². The Morgan fingerprint density at radius 3 is 2.53 bits per heavy atom. The molecule has 0 bridgehead atoms. The van der Waals surface area contributed by atoms with Gasteiger partial charge in [0.25, 0.3) is 0 Å². The van der Waals surface area contributed by atoms with Crippen molar-refractivity contribution in [2.45, 2.75) is 17.3 Å². The molecule has 0 aliphatic carbocycles. The highest BCUT2D eigenvalue weighted by Gasteiger charge is 2.10. The standard InChI is InChI=1S/C21H20ClN3O3S2/c1-28-18-8-2-14(3-9-18)11-23-19(26)10-17-12-29-21(25-17)30-13-20(27)24-16-6-4-15(22)5-7-16/h2-9,12H,10-11,13H2,1H3,(H,23,26)(H,24,27). The van der Waals surface area contributed by atoms with Crippen LogP contribution in [0.25, 0.3) is 0 Å². The topological polar surface area (TPSA) is 80.3 Å². The van der Waals surface area contributed by atoms with Crippen molar-refractivity contribution in [3.05, 3.63) is 70.2 Å². The second-order valence-corrected chi connectivity index (χ2v) is 8.77. The second kappa shape index (κ2) is 11.0. The molecule has 2 N–H and O–H groups in total. The van der Waals surface area contributed by atoms with Crippen LogP contribution in [-0.2, 0) is 22.6 Å². The maximum Gasteiger partial charge on any atom is 0.234 e. The van der Waals surface area contributed by atoms with Crippen molar-refractivity contribution in [3.8, 4) is 5.75 Å². The molecule has 6 nitrogen and oxygen atoms in total. The summed E-state index contributed by atoms with van der Waals surface area (Å²) >= 11 is 8.59. The first-order valence-corrected chi connectivity index (χ1v) is 11.3. The van der Waals surface area contributed by atoms with E-state index >= 15 is 0 Å². The first kappa shape index (κ1) is 22.1. The summed E-state index contributed by atoms with van der Waals surface area (Å²) in [5.41, 5.74) is 2.37. The van der Waals surface area contributed by atoms with E-state index in [0.717, 1.165) is 15.7 Å². The van der Waals surface area contributed by atoms with Crippen molar-refractivity contribution in [1.29, 1.82) is 0 Å². The highest BCUT2D eigenvalue weighted by molar-refractivity contribution is 8.01.